The normalized spacial score (nSPS) is 11.6. The lowest BCUT2D eigenvalue weighted by Gasteiger charge is -2.27. The van der Waals surface area contributed by atoms with E-state index in [1.165, 1.54) is 6.07 Å². The van der Waals surface area contributed by atoms with Crippen molar-refractivity contribution in [2.45, 2.75) is 34.1 Å². The Hall–Kier alpha value is -1.71. The van der Waals surface area contributed by atoms with Crippen LogP contribution in [0.3, 0.4) is 0 Å². The van der Waals surface area contributed by atoms with Crippen molar-refractivity contribution in [3.05, 3.63) is 23.8 Å². The Labute approximate surface area is 115 Å². The Balaban J connectivity index is 2.77. The molecule has 0 radical (unpaired) electrons. The molecule has 0 atom stereocenters. The van der Waals surface area contributed by atoms with E-state index in [9.17, 15) is 4.79 Å². The van der Waals surface area contributed by atoms with E-state index < -0.39 is 5.97 Å². The number of nitrogens with one attached hydrogen (secondary N) is 1. The number of benzene rings is 1. The molecule has 0 aliphatic rings. The van der Waals surface area contributed by atoms with Gasteiger partial charge in [0.05, 0.1) is 16.9 Å². The maximum Gasteiger partial charge on any atom is 0.335 e. The molecule has 0 spiro atoms. The highest BCUT2D eigenvalue weighted by molar-refractivity contribution is 5.90. The van der Waals surface area contributed by atoms with Gasteiger partial charge < -0.3 is 16.2 Å². The lowest BCUT2D eigenvalue weighted by atomic mass is 9.84. The van der Waals surface area contributed by atoms with Gasteiger partial charge in [0.25, 0.3) is 0 Å². The minimum Gasteiger partial charge on any atom is -0.478 e. The summed E-state index contributed by atoms with van der Waals surface area (Å²) in [6.07, 6.45) is 1.10. The van der Waals surface area contributed by atoms with Crippen molar-refractivity contribution in [3.63, 3.8) is 0 Å². The van der Waals surface area contributed by atoms with Crippen molar-refractivity contribution >= 4 is 17.3 Å². The van der Waals surface area contributed by atoms with E-state index in [4.69, 9.17) is 10.8 Å². The number of nitrogens with two attached hydrogens (primary N) is 1. The van der Waals surface area contributed by atoms with Crippen LogP contribution in [0.15, 0.2) is 18.2 Å². The molecule has 4 heteroatoms. The summed E-state index contributed by atoms with van der Waals surface area (Å²) in [6, 6.07) is 4.73. The van der Waals surface area contributed by atoms with E-state index in [-0.39, 0.29) is 11.0 Å². The molecule has 4 nitrogen and oxygen atoms in total. The number of nitrogen functional groups attached to an aromatic ring is 1. The van der Waals surface area contributed by atoms with E-state index in [0.29, 0.717) is 17.3 Å². The summed E-state index contributed by atoms with van der Waals surface area (Å²) in [5.41, 5.74) is 7.52. The fourth-order valence-corrected chi connectivity index (χ4v) is 2.35. The van der Waals surface area contributed by atoms with Crippen LogP contribution in [-0.4, -0.2) is 17.6 Å². The van der Waals surface area contributed by atoms with Gasteiger partial charge in [0.1, 0.15) is 0 Å². The van der Waals surface area contributed by atoms with E-state index in [1.807, 2.05) is 0 Å². The van der Waals surface area contributed by atoms with Gasteiger partial charge in [-0.25, -0.2) is 4.79 Å². The van der Waals surface area contributed by atoms with Crippen molar-refractivity contribution < 1.29 is 9.90 Å². The number of carbonyl (C=O) groups is 1. The molecule has 1 rings (SSSR count). The summed E-state index contributed by atoms with van der Waals surface area (Å²) in [5.74, 6) is -0.316. The zero-order valence-electron chi connectivity index (χ0n) is 12.2. The zero-order valence-corrected chi connectivity index (χ0v) is 12.2. The van der Waals surface area contributed by atoms with Crippen molar-refractivity contribution in [1.29, 1.82) is 0 Å². The SMILES string of the molecule is CC(C)CC(C)(C)CNc1cc(C(=O)O)ccc1N. The molecule has 0 amide bonds. The number of carboxylic acids is 1. The van der Waals surface area contributed by atoms with Gasteiger partial charge in [-0.3, -0.25) is 0 Å². The van der Waals surface area contributed by atoms with Crippen LogP contribution in [0.2, 0.25) is 0 Å². The van der Waals surface area contributed by atoms with Crippen molar-refractivity contribution in [2.24, 2.45) is 11.3 Å². The van der Waals surface area contributed by atoms with Crippen molar-refractivity contribution in [3.8, 4) is 0 Å². The van der Waals surface area contributed by atoms with Crippen LogP contribution in [0.5, 0.6) is 0 Å². The molecule has 4 N–H and O–H groups in total. The predicted molar refractivity (Wildman–Crippen MR) is 79.5 cm³/mol. The van der Waals surface area contributed by atoms with E-state index in [2.05, 4.69) is 33.0 Å². The second-order valence-electron chi connectivity index (χ2n) is 6.22. The predicted octanol–water partition coefficient (Wildman–Crippen LogP) is 3.45. The minimum absolute atomic E-state index is 0.139. The molecule has 1 aromatic rings. The zero-order chi connectivity index (χ0) is 14.6. The molecular formula is C15H24N2O2. The van der Waals surface area contributed by atoms with Crippen LogP contribution < -0.4 is 11.1 Å². The van der Waals surface area contributed by atoms with Gasteiger partial charge >= 0.3 is 5.97 Å². The number of anilines is 2. The number of aromatic carboxylic acids is 1. The Kier molecular flexibility index (Phi) is 4.81. The third-order valence-electron chi connectivity index (χ3n) is 3.02. The average Bonchev–Trinajstić information content (AvgIpc) is 2.25. The Morgan fingerprint density at radius 1 is 1.42 bits per heavy atom. The first kappa shape index (κ1) is 15.3. The van der Waals surface area contributed by atoms with Crippen LogP contribution in [0.1, 0.15) is 44.5 Å². The summed E-state index contributed by atoms with van der Waals surface area (Å²) in [4.78, 5) is 10.9. The Morgan fingerprint density at radius 3 is 2.58 bits per heavy atom. The second kappa shape index (κ2) is 5.95. The topological polar surface area (TPSA) is 75.3 Å². The summed E-state index contributed by atoms with van der Waals surface area (Å²) < 4.78 is 0. The molecule has 106 valence electrons. The molecule has 0 saturated heterocycles. The monoisotopic (exact) mass is 264 g/mol. The molecule has 0 heterocycles. The maximum absolute atomic E-state index is 10.9. The summed E-state index contributed by atoms with van der Waals surface area (Å²) >= 11 is 0. The first-order valence-electron chi connectivity index (χ1n) is 6.58. The molecule has 0 saturated carbocycles. The lowest BCUT2D eigenvalue weighted by Crippen LogP contribution is -2.25. The van der Waals surface area contributed by atoms with Gasteiger partial charge in [-0.05, 0) is 36.0 Å². The molecule has 1 aromatic carbocycles. The largest absolute Gasteiger partial charge is 0.478 e. The van der Waals surface area contributed by atoms with E-state index >= 15 is 0 Å². The van der Waals surface area contributed by atoms with E-state index in [0.717, 1.165) is 13.0 Å². The first-order chi connectivity index (χ1) is 8.71. The molecule has 0 aliphatic carbocycles. The Bertz CT molecular complexity index is 453. The number of hydrogen-bond donors (Lipinski definition) is 3. The highest BCUT2D eigenvalue weighted by Gasteiger charge is 2.19. The molecule has 0 aromatic heterocycles. The van der Waals surface area contributed by atoms with Crippen LogP contribution in [0, 0.1) is 11.3 Å². The minimum atomic E-state index is -0.940. The molecule has 0 unspecified atom stereocenters. The molecule has 0 bridgehead atoms. The fourth-order valence-electron chi connectivity index (χ4n) is 2.35. The molecular weight excluding hydrogens is 240 g/mol. The fraction of sp³-hybridized carbons (Fsp3) is 0.533. The molecule has 0 fully saturated rings. The first-order valence-corrected chi connectivity index (χ1v) is 6.58. The van der Waals surface area contributed by atoms with Crippen LogP contribution in [-0.2, 0) is 0 Å². The van der Waals surface area contributed by atoms with Crippen LogP contribution in [0.4, 0.5) is 11.4 Å². The standard InChI is InChI=1S/C15H24N2O2/c1-10(2)8-15(3,4)9-17-13-7-11(14(18)19)5-6-12(13)16/h5-7,10,17H,8-9,16H2,1-4H3,(H,18,19). The van der Waals surface area contributed by atoms with Gasteiger partial charge in [0.2, 0.25) is 0 Å². The number of carboxylic acid groups (broad SMARTS) is 1. The summed E-state index contributed by atoms with van der Waals surface area (Å²) in [6.45, 7) is 9.54. The molecule has 0 aliphatic heterocycles. The third kappa shape index (κ3) is 4.81. The number of hydrogen-bond acceptors (Lipinski definition) is 3. The maximum atomic E-state index is 10.9. The van der Waals surface area contributed by atoms with Gasteiger partial charge in [0, 0.05) is 6.54 Å². The molecule has 19 heavy (non-hydrogen) atoms. The van der Waals surface area contributed by atoms with Crippen molar-refractivity contribution in [1.82, 2.24) is 0 Å². The summed E-state index contributed by atoms with van der Waals surface area (Å²) in [5, 5.41) is 12.2. The highest BCUT2D eigenvalue weighted by atomic mass is 16.4. The van der Waals surface area contributed by atoms with Gasteiger partial charge in [-0.15, -0.1) is 0 Å². The summed E-state index contributed by atoms with van der Waals surface area (Å²) in [7, 11) is 0. The Morgan fingerprint density at radius 2 is 2.05 bits per heavy atom. The highest BCUT2D eigenvalue weighted by Crippen LogP contribution is 2.27. The third-order valence-corrected chi connectivity index (χ3v) is 3.02. The van der Waals surface area contributed by atoms with Crippen LogP contribution >= 0.6 is 0 Å². The second-order valence-corrected chi connectivity index (χ2v) is 6.22. The van der Waals surface area contributed by atoms with Crippen molar-refractivity contribution in [2.75, 3.05) is 17.6 Å². The average molecular weight is 264 g/mol. The van der Waals surface area contributed by atoms with Gasteiger partial charge in [-0.1, -0.05) is 27.7 Å². The van der Waals surface area contributed by atoms with Crippen LogP contribution in [0.25, 0.3) is 0 Å². The van der Waals surface area contributed by atoms with Gasteiger partial charge in [0.15, 0.2) is 0 Å². The van der Waals surface area contributed by atoms with Gasteiger partial charge in [-0.2, -0.15) is 0 Å². The smallest absolute Gasteiger partial charge is 0.335 e. The quantitative estimate of drug-likeness (QED) is 0.688. The van der Waals surface area contributed by atoms with E-state index in [1.54, 1.807) is 12.1 Å². The number of rotatable bonds is 6. The lowest BCUT2D eigenvalue weighted by molar-refractivity contribution is 0.0697.